The van der Waals surface area contributed by atoms with Gasteiger partial charge in [-0.2, -0.15) is 13.2 Å². The van der Waals surface area contributed by atoms with E-state index in [-0.39, 0.29) is 6.54 Å². The molecule has 0 radical (unpaired) electrons. The lowest BCUT2D eigenvalue weighted by molar-refractivity contribution is -0.186. The molecule has 2 heterocycles. The van der Waals surface area contributed by atoms with Gasteiger partial charge in [-0.1, -0.05) is 26.0 Å². The van der Waals surface area contributed by atoms with Crippen LogP contribution >= 0.6 is 22.7 Å². The molecule has 2 N–H and O–H groups in total. The molecule has 0 saturated heterocycles. The fraction of sp³-hybridized carbons (Fsp3) is 0.429. The third-order valence-electron chi connectivity index (χ3n) is 4.29. The van der Waals surface area contributed by atoms with E-state index in [4.69, 9.17) is 0 Å². The Bertz CT molecular complexity index is 944. The van der Waals surface area contributed by atoms with Gasteiger partial charge in [0.1, 0.15) is 5.54 Å². The van der Waals surface area contributed by atoms with E-state index in [2.05, 4.69) is 20.6 Å². The summed E-state index contributed by atoms with van der Waals surface area (Å²) in [7, 11) is 0. The van der Waals surface area contributed by atoms with Crippen molar-refractivity contribution in [1.82, 2.24) is 15.3 Å². The van der Waals surface area contributed by atoms with Crippen molar-refractivity contribution < 1.29 is 13.2 Å². The topological polar surface area (TPSA) is 49.8 Å². The summed E-state index contributed by atoms with van der Waals surface area (Å²) in [6.07, 6.45) is -4.30. The minimum Gasteiger partial charge on any atom is -0.332 e. The van der Waals surface area contributed by atoms with Crippen molar-refractivity contribution in [3.05, 3.63) is 45.9 Å². The Morgan fingerprint density at radius 3 is 2.17 bits per heavy atom. The van der Waals surface area contributed by atoms with E-state index in [0.717, 1.165) is 51.5 Å². The molecule has 1 aromatic carbocycles. The maximum atomic E-state index is 12.9. The van der Waals surface area contributed by atoms with Crippen LogP contribution in [0.4, 0.5) is 24.0 Å². The lowest BCUT2D eigenvalue weighted by Gasteiger charge is -2.29. The molecule has 0 fully saturated rings. The Morgan fingerprint density at radius 2 is 1.63 bits per heavy atom. The molecule has 0 aliphatic heterocycles. The standard InChI is InChI=1S/C19H21F3N4S2.C2H6/c1-11-16(28-12(2)24-11)15-10-27-17(26-15)25-14-7-5-13(6-8-14)9-23-18(3,4)19(20,21)22;1-2/h5-8,10,23H,9H2,1-4H3,(H,25,26);1-2H3. The van der Waals surface area contributed by atoms with Crippen molar-refractivity contribution in [1.29, 1.82) is 0 Å². The van der Waals surface area contributed by atoms with Crippen molar-refractivity contribution in [2.45, 2.75) is 59.8 Å². The highest BCUT2D eigenvalue weighted by Gasteiger charge is 2.46. The lowest BCUT2D eigenvalue weighted by Crippen LogP contribution is -2.51. The molecule has 4 nitrogen and oxygen atoms in total. The molecule has 2 aromatic heterocycles. The van der Waals surface area contributed by atoms with Crippen LogP contribution in [0.1, 0.15) is 44.0 Å². The number of hydrogen-bond donors (Lipinski definition) is 2. The van der Waals surface area contributed by atoms with Gasteiger partial charge >= 0.3 is 6.18 Å². The first kappa shape index (κ1) is 24.3. The van der Waals surface area contributed by atoms with Gasteiger partial charge in [0, 0.05) is 17.6 Å². The first-order chi connectivity index (χ1) is 14.0. The molecule has 9 heteroatoms. The Balaban J connectivity index is 0.00000155. The summed E-state index contributed by atoms with van der Waals surface area (Å²) < 4.78 is 38.7. The van der Waals surface area contributed by atoms with Gasteiger partial charge in [-0.15, -0.1) is 22.7 Å². The number of nitrogens with one attached hydrogen (secondary N) is 2. The Hall–Kier alpha value is -1.97. The molecule has 30 heavy (non-hydrogen) atoms. The van der Waals surface area contributed by atoms with Crippen LogP contribution in [0.3, 0.4) is 0 Å². The predicted octanol–water partition coefficient (Wildman–Crippen LogP) is 7.08. The van der Waals surface area contributed by atoms with E-state index in [0.29, 0.717) is 0 Å². The third kappa shape index (κ3) is 6.02. The number of halogens is 3. The van der Waals surface area contributed by atoms with E-state index in [9.17, 15) is 13.2 Å². The summed E-state index contributed by atoms with van der Waals surface area (Å²) in [5.41, 5.74) is 1.54. The largest absolute Gasteiger partial charge is 0.406 e. The molecule has 0 bridgehead atoms. The summed E-state index contributed by atoms with van der Waals surface area (Å²) in [6.45, 7) is 10.3. The number of thiazole rings is 2. The van der Waals surface area contributed by atoms with Gasteiger partial charge in [-0.05, 0) is 45.4 Å². The average molecular weight is 457 g/mol. The van der Waals surface area contributed by atoms with Crippen molar-refractivity contribution in [2.24, 2.45) is 0 Å². The van der Waals surface area contributed by atoms with Crippen LogP contribution in [-0.2, 0) is 6.54 Å². The fourth-order valence-corrected chi connectivity index (χ4v) is 4.13. The zero-order chi connectivity index (χ0) is 22.5. The van der Waals surface area contributed by atoms with Crippen LogP contribution in [0, 0.1) is 13.8 Å². The molecule has 164 valence electrons. The van der Waals surface area contributed by atoms with Crippen LogP contribution in [0.25, 0.3) is 10.6 Å². The number of alkyl halides is 3. The fourth-order valence-electron chi connectivity index (χ4n) is 2.46. The third-order valence-corrected chi connectivity index (χ3v) is 6.14. The molecule has 3 aromatic rings. The molecule has 0 atom stereocenters. The second-order valence-corrected chi connectivity index (χ2v) is 9.04. The highest BCUT2D eigenvalue weighted by molar-refractivity contribution is 7.16. The van der Waals surface area contributed by atoms with Crippen molar-refractivity contribution in [3.8, 4) is 10.6 Å². The van der Waals surface area contributed by atoms with Crippen molar-refractivity contribution >= 4 is 33.5 Å². The van der Waals surface area contributed by atoms with Gasteiger partial charge in [0.2, 0.25) is 0 Å². The predicted molar refractivity (Wildman–Crippen MR) is 121 cm³/mol. The Labute approximate surface area is 183 Å². The maximum Gasteiger partial charge on any atom is 0.406 e. The van der Waals surface area contributed by atoms with Gasteiger partial charge in [0.15, 0.2) is 5.13 Å². The number of aryl methyl sites for hydroxylation is 2. The quantitative estimate of drug-likeness (QED) is 0.416. The summed E-state index contributed by atoms with van der Waals surface area (Å²) in [4.78, 5) is 10.1. The second-order valence-electron chi connectivity index (χ2n) is 6.98. The zero-order valence-corrected chi connectivity index (χ0v) is 19.6. The highest BCUT2D eigenvalue weighted by atomic mass is 32.1. The first-order valence-corrected chi connectivity index (χ1v) is 11.3. The molecule has 0 amide bonds. The molecular formula is C21H27F3N4S2. The Morgan fingerprint density at radius 1 is 1.00 bits per heavy atom. The van der Waals surface area contributed by atoms with Crippen LogP contribution in [0.5, 0.6) is 0 Å². The number of nitrogens with zero attached hydrogens (tertiary/aromatic N) is 2. The smallest absolute Gasteiger partial charge is 0.332 e. The Kier molecular flexibility index (Phi) is 8.01. The molecule has 0 unspecified atom stereocenters. The number of aromatic nitrogens is 2. The number of hydrogen-bond acceptors (Lipinski definition) is 6. The van der Waals surface area contributed by atoms with Gasteiger partial charge in [-0.3, -0.25) is 5.32 Å². The number of anilines is 2. The maximum absolute atomic E-state index is 12.9. The number of rotatable bonds is 6. The second kappa shape index (κ2) is 9.89. The van der Waals surface area contributed by atoms with E-state index in [1.54, 1.807) is 23.5 Å². The van der Waals surface area contributed by atoms with Gasteiger partial charge in [-0.25, -0.2) is 9.97 Å². The minimum absolute atomic E-state index is 0.137. The summed E-state index contributed by atoms with van der Waals surface area (Å²) in [5.74, 6) is 0. The van der Waals surface area contributed by atoms with Gasteiger partial charge < -0.3 is 5.32 Å². The normalized spacial score (nSPS) is 11.8. The number of benzene rings is 1. The van der Waals surface area contributed by atoms with Crippen LogP contribution < -0.4 is 10.6 Å². The molecule has 0 spiro atoms. The van der Waals surface area contributed by atoms with Crippen molar-refractivity contribution in [3.63, 3.8) is 0 Å². The zero-order valence-electron chi connectivity index (χ0n) is 17.9. The molecule has 0 aliphatic carbocycles. The SMILES string of the molecule is CC.Cc1nc(C)c(-c2csc(Nc3ccc(CNC(C)(C)C(F)(F)F)cc3)n2)s1. The monoisotopic (exact) mass is 456 g/mol. The van der Waals surface area contributed by atoms with E-state index >= 15 is 0 Å². The molecule has 3 rings (SSSR count). The van der Waals surface area contributed by atoms with E-state index < -0.39 is 11.7 Å². The van der Waals surface area contributed by atoms with Crippen LogP contribution in [0.15, 0.2) is 29.6 Å². The molecule has 0 aliphatic rings. The lowest BCUT2D eigenvalue weighted by atomic mass is 10.0. The summed E-state index contributed by atoms with van der Waals surface area (Å²) in [5, 5.41) is 9.54. The van der Waals surface area contributed by atoms with E-state index in [1.807, 2.05) is 45.2 Å². The highest BCUT2D eigenvalue weighted by Crippen LogP contribution is 2.33. The van der Waals surface area contributed by atoms with Crippen molar-refractivity contribution in [2.75, 3.05) is 5.32 Å². The molecular weight excluding hydrogens is 429 g/mol. The average Bonchev–Trinajstić information content (AvgIpc) is 3.27. The van der Waals surface area contributed by atoms with Crippen LogP contribution in [0.2, 0.25) is 0 Å². The minimum atomic E-state index is -4.30. The van der Waals surface area contributed by atoms with E-state index in [1.165, 1.54) is 11.3 Å². The summed E-state index contributed by atoms with van der Waals surface area (Å²) >= 11 is 3.11. The van der Waals surface area contributed by atoms with Crippen LogP contribution in [-0.4, -0.2) is 21.7 Å². The first-order valence-electron chi connectivity index (χ1n) is 9.63. The molecule has 0 saturated carbocycles. The van der Waals surface area contributed by atoms with Gasteiger partial charge in [0.05, 0.1) is 21.3 Å². The summed E-state index contributed by atoms with van der Waals surface area (Å²) in [6, 6.07) is 7.27. The van der Waals surface area contributed by atoms with Gasteiger partial charge in [0.25, 0.3) is 0 Å².